The van der Waals surface area contributed by atoms with Gasteiger partial charge in [0.15, 0.2) is 0 Å². The van der Waals surface area contributed by atoms with E-state index in [9.17, 15) is 9.59 Å². The lowest BCUT2D eigenvalue weighted by atomic mass is 9.95. The molecule has 23 heavy (non-hydrogen) atoms. The van der Waals surface area contributed by atoms with Gasteiger partial charge in [0.1, 0.15) is 0 Å². The van der Waals surface area contributed by atoms with Crippen molar-refractivity contribution in [2.24, 2.45) is 17.4 Å². The minimum Gasteiger partial charge on any atom is -0.370 e. The first-order valence-electron chi connectivity index (χ1n) is 9.65. The molecule has 1 unspecified atom stereocenters. The second-order valence-electron chi connectivity index (χ2n) is 6.78. The van der Waals surface area contributed by atoms with Gasteiger partial charge in [-0.15, -0.1) is 0 Å². The average molecular weight is 327 g/mol. The minimum atomic E-state index is -0.179. The van der Waals surface area contributed by atoms with Crippen LogP contribution < -0.4 is 11.5 Å². The van der Waals surface area contributed by atoms with E-state index < -0.39 is 0 Å². The number of unbranched alkanes of at least 4 members (excludes halogenated alkanes) is 10. The van der Waals surface area contributed by atoms with Gasteiger partial charge in [-0.1, -0.05) is 77.6 Å². The topological polar surface area (TPSA) is 86.2 Å². The molecule has 2 amide bonds. The van der Waals surface area contributed by atoms with Crippen molar-refractivity contribution in [2.45, 2.75) is 103 Å². The van der Waals surface area contributed by atoms with E-state index >= 15 is 0 Å². The molecule has 0 radical (unpaired) electrons. The molecule has 4 N–H and O–H groups in total. The Bertz CT molecular complexity index is 306. The third kappa shape index (κ3) is 15.6. The molecule has 1 atom stereocenters. The first kappa shape index (κ1) is 21.9. The summed E-state index contributed by atoms with van der Waals surface area (Å²) >= 11 is 0. The maximum atomic E-state index is 11.3. The molecule has 0 aliphatic rings. The molecule has 4 nitrogen and oxygen atoms in total. The second-order valence-corrected chi connectivity index (χ2v) is 6.78. The van der Waals surface area contributed by atoms with Gasteiger partial charge < -0.3 is 11.5 Å². The lowest BCUT2D eigenvalue weighted by molar-refractivity contribution is -0.122. The number of primary amides is 2. The predicted molar refractivity (Wildman–Crippen MR) is 96.8 cm³/mol. The van der Waals surface area contributed by atoms with Crippen molar-refractivity contribution in [3.8, 4) is 0 Å². The zero-order chi connectivity index (χ0) is 17.3. The predicted octanol–water partition coefficient (Wildman–Crippen LogP) is 4.44. The largest absolute Gasteiger partial charge is 0.370 e. The summed E-state index contributed by atoms with van der Waals surface area (Å²) in [7, 11) is 0. The van der Waals surface area contributed by atoms with Crippen molar-refractivity contribution in [3.05, 3.63) is 0 Å². The van der Waals surface area contributed by atoms with Crippen molar-refractivity contribution in [2.75, 3.05) is 0 Å². The fourth-order valence-corrected chi connectivity index (χ4v) is 3.06. The van der Waals surface area contributed by atoms with Gasteiger partial charge in [-0.2, -0.15) is 0 Å². The number of rotatable bonds is 17. The van der Waals surface area contributed by atoms with Crippen LogP contribution >= 0.6 is 0 Å². The van der Waals surface area contributed by atoms with Gasteiger partial charge in [-0.3, -0.25) is 9.59 Å². The lowest BCUT2D eigenvalue weighted by Crippen LogP contribution is -2.23. The van der Waals surface area contributed by atoms with Crippen LogP contribution in [0.5, 0.6) is 0 Å². The van der Waals surface area contributed by atoms with Gasteiger partial charge >= 0.3 is 0 Å². The summed E-state index contributed by atoms with van der Waals surface area (Å²) in [6, 6.07) is 0. The summed E-state index contributed by atoms with van der Waals surface area (Å²) < 4.78 is 0. The summed E-state index contributed by atoms with van der Waals surface area (Å²) in [4.78, 5) is 21.8. The van der Waals surface area contributed by atoms with Crippen molar-refractivity contribution in [1.82, 2.24) is 0 Å². The quantitative estimate of drug-likeness (QED) is 0.387. The first-order valence-corrected chi connectivity index (χ1v) is 9.65. The van der Waals surface area contributed by atoms with E-state index in [2.05, 4.69) is 6.92 Å². The van der Waals surface area contributed by atoms with E-state index in [1.54, 1.807) is 0 Å². The van der Waals surface area contributed by atoms with Gasteiger partial charge in [0.25, 0.3) is 0 Å². The number of hydrogen-bond acceptors (Lipinski definition) is 2. The monoisotopic (exact) mass is 326 g/mol. The van der Waals surface area contributed by atoms with Crippen LogP contribution in [0.4, 0.5) is 0 Å². The first-order chi connectivity index (χ1) is 11.1. The van der Waals surface area contributed by atoms with E-state index in [1.165, 1.54) is 51.4 Å². The molecule has 0 aromatic rings. The molecule has 0 saturated heterocycles. The number of amides is 2. The molecule has 0 aromatic heterocycles. The third-order valence-electron chi connectivity index (χ3n) is 4.52. The van der Waals surface area contributed by atoms with Gasteiger partial charge in [-0.25, -0.2) is 0 Å². The van der Waals surface area contributed by atoms with Gasteiger partial charge in [0, 0.05) is 12.3 Å². The van der Waals surface area contributed by atoms with E-state index in [1.807, 2.05) is 0 Å². The van der Waals surface area contributed by atoms with Crippen LogP contribution in [0, 0.1) is 5.92 Å². The van der Waals surface area contributed by atoms with Crippen LogP contribution in [0.15, 0.2) is 0 Å². The van der Waals surface area contributed by atoms with Gasteiger partial charge in [0.05, 0.1) is 0 Å². The Morgan fingerprint density at radius 3 is 1.52 bits per heavy atom. The number of carbonyl (C=O) groups excluding carboxylic acids is 2. The standard InChI is InChI=1S/C19H38N2O2/c1-2-14-17(19(21)23)15-12-10-8-6-4-3-5-7-9-11-13-16-18(20)22/h17H,2-16H2,1H3,(H2,20,22)(H2,21,23). The van der Waals surface area contributed by atoms with Crippen LogP contribution in [0.1, 0.15) is 103 Å². The van der Waals surface area contributed by atoms with E-state index in [0.29, 0.717) is 6.42 Å². The van der Waals surface area contributed by atoms with Gasteiger partial charge in [-0.05, 0) is 19.3 Å². The van der Waals surface area contributed by atoms with E-state index in [0.717, 1.165) is 38.5 Å². The highest BCUT2D eigenvalue weighted by Gasteiger charge is 2.12. The molecule has 0 aliphatic carbocycles. The molecule has 0 rings (SSSR count). The molecule has 0 heterocycles. The Morgan fingerprint density at radius 1 is 0.696 bits per heavy atom. The minimum absolute atomic E-state index is 0.0922. The second kappa shape index (κ2) is 15.8. The van der Waals surface area contributed by atoms with Crippen LogP contribution in [0.25, 0.3) is 0 Å². The molecule has 136 valence electrons. The Kier molecular flexibility index (Phi) is 15.1. The molecular formula is C19H38N2O2. The summed E-state index contributed by atoms with van der Waals surface area (Å²) in [5.41, 5.74) is 10.5. The highest BCUT2D eigenvalue weighted by Crippen LogP contribution is 2.17. The summed E-state index contributed by atoms with van der Waals surface area (Å²) in [5.74, 6) is -0.209. The summed E-state index contributed by atoms with van der Waals surface area (Å²) in [5, 5.41) is 0. The zero-order valence-electron chi connectivity index (χ0n) is 15.2. The molecule has 0 fully saturated rings. The normalized spacial score (nSPS) is 12.2. The van der Waals surface area contributed by atoms with Crippen molar-refractivity contribution >= 4 is 11.8 Å². The Balaban J connectivity index is 3.24. The smallest absolute Gasteiger partial charge is 0.220 e. The van der Waals surface area contributed by atoms with Crippen LogP contribution in [-0.2, 0) is 9.59 Å². The zero-order valence-corrected chi connectivity index (χ0v) is 15.2. The van der Waals surface area contributed by atoms with E-state index in [-0.39, 0.29) is 17.7 Å². The Morgan fingerprint density at radius 2 is 1.13 bits per heavy atom. The van der Waals surface area contributed by atoms with Crippen LogP contribution in [-0.4, -0.2) is 11.8 Å². The summed E-state index contributed by atoms with van der Waals surface area (Å²) in [6.07, 6.45) is 16.9. The van der Waals surface area contributed by atoms with E-state index in [4.69, 9.17) is 11.5 Å². The highest BCUT2D eigenvalue weighted by molar-refractivity contribution is 5.76. The summed E-state index contributed by atoms with van der Waals surface area (Å²) in [6.45, 7) is 2.10. The maximum absolute atomic E-state index is 11.3. The molecule has 4 heteroatoms. The average Bonchev–Trinajstić information content (AvgIpc) is 2.50. The maximum Gasteiger partial charge on any atom is 0.220 e. The Labute approximate surface area is 142 Å². The fraction of sp³-hybridized carbons (Fsp3) is 0.895. The fourth-order valence-electron chi connectivity index (χ4n) is 3.06. The van der Waals surface area contributed by atoms with Crippen LogP contribution in [0.2, 0.25) is 0 Å². The Hall–Kier alpha value is -1.06. The molecule has 0 bridgehead atoms. The molecule has 0 aliphatic heterocycles. The SMILES string of the molecule is CCCC(CCCCCCCCCCCCCC(N)=O)C(N)=O. The van der Waals surface area contributed by atoms with Crippen molar-refractivity contribution < 1.29 is 9.59 Å². The molecule has 0 saturated carbocycles. The molecule has 0 spiro atoms. The van der Waals surface area contributed by atoms with Crippen molar-refractivity contribution in [3.63, 3.8) is 0 Å². The van der Waals surface area contributed by atoms with Crippen molar-refractivity contribution in [1.29, 1.82) is 0 Å². The number of hydrogen-bond donors (Lipinski definition) is 2. The lowest BCUT2D eigenvalue weighted by Gasteiger charge is -2.11. The molecule has 0 aromatic carbocycles. The van der Waals surface area contributed by atoms with Gasteiger partial charge in [0.2, 0.25) is 11.8 Å². The van der Waals surface area contributed by atoms with Crippen LogP contribution in [0.3, 0.4) is 0 Å². The number of carbonyl (C=O) groups is 2. The number of nitrogens with two attached hydrogens (primary N) is 2. The highest BCUT2D eigenvalue weighted by atomic mass is 16.1. The third-order valence-corrected chi connectivity index (χ3v) is 4.52. The molecular weight excluding hydrogens is 288 g/mol.